The number of fused-ring (bicyclic) bond motifs is 1. The fraction of sp³-hybridized carbons (Fsp3) is 0.136. The van der Waals surface area contributed by atoms with Crippen LogP contribution in [0.5, 0.6) is 5.75 Å². The average Bonchev–Trinajstić information content (AvgIpc) is 2.65. The number of methoxy groups -OCH3 is 1. The number of ether oxygens (including phenoxy) is 1. The molecule has 3 aromatic rings. The van der Waals surface area contributed by atoms with Gasteiger partial charge < -0.3 is 9.64 Å². The Hall–Kier alpha value is -3.07. The number of benzene rings is 3. The summed E-state index contributed by atoms with van der Waals surface area (Å²) in [7, 11) is 5.66. The van der Waals surface area contributed by atoms with Crippen LogP contribution in [0.15, 0.2) is 66.7 Å². The zero-order valence-corrected chi connectivity index (χ0v) is 14.7. The van der Waals surface area contributed by atoms with E-state index in [2.05, 4.69) is 0 Å². The first-order chi connectivity index (χ1) is 12.1. The molecule has 0 fully saturated rings. The summed E-state index contributed by atoms with van der Waals surface area (Å²) in [6.07, 6.45) is 3.47. The highest BCUT2D eigenvalue weighted by Gasteiger charge is 2.04. The van der Waals surface area contributed by atoms with Gasteiger partial charge in [0.15, 0.2) is 5.78 Å². The minimum Gasteiger partial charge on any atom is -0.497 e. The fourth-order valence-corrected chi connectivity index (χ4v) is 2.66. The molecule has 0 radical (unpaired) electrons. The molecule has 25 heavy (non-hydrogen) atoms. The van der Waals surface area contributed by atoms with Crippen molar-refractivity contribution < 1.29 is 9.53 Å². The summed E-state index contributed by atoms with van der Waals surface area (Å²) in [6, 6.07) is 19.6. The second-order valence-electron chi connectivity index (χ2n) is 6.11. The van der Waals surface area contributed by atoms with E-state index in [9.17, 15) is 4.79 Å². The van der Waals surface area contributed by atoms with Gasteiger partial charge in [-0.3, -0.25) is 4.79 Å². The molecule has 0 bridgehead atoms. The van der Waals surface area contributed by atoms with Gasteiger partial charge in [0.1, 0.15) is 5.75 Å². The van der Waals surface area contributed by atoms with Crippen molar-refractivity contribution in [3.05, 3.63) is 77.9 Å². The normalized spacial score (nSPS) is 11.0. The van der Waals surface area contributed by atoms with E-state index in [-0.39, 0.29) is 5.78 Å². The van der Waals surface area contributed by atoms with E-state index in [0.29, 0.717) is 5.56 Å². The topological polar surface area (TPSA) is 29.5 Å². The molecule has 0 aliphatic heterocycles. The molecule has 0 aliphatic carbocycles. The first-order valence-corrected chi connectivity index (χ1v) is 8.14. The molecule has 3 heteroatoms. The van der Waals surface area contributed by atoms with E-state index in [1.807, 2.05) is 85.7 Å². The fourth-order valence-electron chi connectivity index (χ4n) is 2.66. The maximum atomic E-state index is 12.4. The van der Waals surface area contributed by atoms with E-state index < -0.39 is 0 Å². The second-order valence-corrected chi connectivity index (χ2v) is 6.11. The summed E-state index contributed by atoms with van der Waals surface area (Å²) in [6.45, 7) is 0. The molecule has 0 amide bonds. The van der Waals surface area contributed by atoms with Crippen molar-refractivity contribution in [3.63, 3.8) is 0 Å². The highest BCUT2D eigenvalue weighted by Crippen LogP contribution is 2.22. The van der Waals surface area contributed by atoms with Crippen molar-refractivity contribution in [1.82, 2.24) is 0 Å². The molecule has 3 rings (SSSR count). The Balaban J connectivity index is 1.79. The minimum absolute atomic E-state index is 0.00518. The average molecular weight is 331 g/mol. The van der Waals surface area contributed by atoms with Gasteiger partial charge in [0.05, 0.1) is 7.11 Å². The zero-order chi connectivity index (χ0) is 17.8. The lowest BCUT2D eigenvalue weighted by Gasteiger charge is -2.11. The van der Waals surface area contributed by atoms with Crippen LogP contribution < -0.4 is 9.64 Å². The van der Waals surface area contributed by atoms with Crippen molar-refractivity contribution in [2.45, 2.75) is 0 Å². The number of allylic oxidation sites excluding steroid dienone is 1. The summed E-state index contributed by atoms with van der Waals surface area (Å²) in [4.78, 5) is 14.5. The second kappa shape index (κ2) is 7.22. The van der Waals surface area contributed by atoms with Gasteiger partial charge in [0.2, 0.25) is 0 Å². The Morgan fingerprint density at radius 3 is 2.28 bits per heavy atom. The first kappa shape index (κ1) is 16.8. The Morgan fingerprint density at radius 1 is 0.920 bits per heavy atom. The van der Waals surface area contributed by atoms with Gasteiger partial charge in [0.25, 0.3) is 0 Å². The van der Waals surface area contributed by atoms with Gasteiger partial charge in [0, 0.05) is 25.3 Å². The third-order valence-electron chi connectivity index (χ3n) is 4.17. The molecular weight excluding hydrogens is 310 g/mol. The monoisotopic (exact) mass is 331 g/mol. The van der Waals surface area contributed by atoms with Crippen LogP contribution in [0.3, 0.4) is 0 Å². The van der Waals surface area contributed by atoms with Crippen molar-refractivity contribution in [1.29, 1.82) is 0 Å². The van der Waals surface area contributed by atoms with E-state index in [1.54, 1.807) is 13.2 Å². The highest BCUT2D eigenvalue weighted by molar-refractivity contribution is 6.08. The Labute approximate surface area is 148 Å². The van der Waals surface area contributed by atoms with Gasteiger partial charge in [-0.05, 0) is 52.7 Å². The molecule has 0 aliphatic rings. The van der Waals surface area contributed by atoms with Crippen LogP contribution in [0.1, 0.15) is 15.9 Å². The van der Waals surface area contributed by atoms with Crippen LogP contribution in [0.2, 0.25) is 0 Å². The van der Waals surface area contributed by atoms with E-state index >= 15 is 0 Å². The lowest BCUT2D eigenvalue weighted by molar-refractivity contribution is 0.104. The van der Waals surface area contributed by atoms with E-state index in [1.165, 1.54) is 0 Å². The smallest absolute Gasteiger partial charge is 0.185 e. The Morgan fingerprint density at radius 2 is 1.60 bits per heavy atom. The molecule has 0 atom stereocenters. The van der Waals surface area contributed by atoms with Crippen LogP contribution in [-0.2, 0) is 0 Å². The van der Waals surface area contributed by atoms with Gasteiger partial charge in [-0.2, -0.15) is 0 Å². The standard InChI is InChI=1S/C22H21NO2/c1-23(2)20-10-4-16(5-11-20)6-13-22(24)19-8-7-18-15-21(25-3)12-9-17(18)14-19/h4-15H,1-3H3/b13-6+. The first-order valence-electron chi connectivity index (χ1n) is 8.14. The largest absolute Gasteiger partial charge is 0.497 e. The van der Waals surface area contributed by atoms with Crippen LogP contribution in [0.25, 0.3) is 16.8 Å². The van der Waals surface area contributed by atoms with Crippen LogP contribution in [0.4, 0.5) is 5.69 Å². The molecule has 3 aromatic carbocycles. The number of nitrogens with zero attached hydrogens (tertiary/aromatic N) is 1. The number of carbonyl (C=O) groups is 1. The number of anilines is 1. The van der Waals surface area contributed by atoms with Gasteiger partial charge in [-0.25, -0.2) is 0 Å². The molecule has 0 heterocycles. The van der Waals surface area contributed by atoms with Gasteiger partial charge >= 0.3 is 0 Å². The number of ketones is 1. The number of carbonyl (C=O) groups excluding carboxylic acids is 1. The number of hydrogen-bond donors (Lipinski definition) is 0. The minimum atomic E-state index is -0.00518. The maximum Gasteiger partial charge on any atom is 0.185 e. The Kier molecular flexibility index (Phi) is 4.85. The highest BCUT2D eigenvalue weighted by atomic mass is 16.5. The molecule has 0 saturated carbocycles. The molecule has 0 N–H and O–H groups in total. The number of hydrogen-bond acceptors (Lipinski definition) is 3. The summed E-state index contributed by atoms with van der Waals surface area (Å²) in [5.74, 6) is 0.807. The van der Waals surface area contributed by atoms with Crippen LogP contribution in [0, 0.1) is 0 Å². The molecule has 0 spiro atoms. The lowest BCUT2D eigenvalue weighted by Crippen LogP contribution is -2.07. The summed E-state index contributed by atoms with van der Waals surface area (Å²) < 4.78 is 5.23. The molecule has 0 aromatic heterocycles. The Bertz CT molecular complexity index is 924. The van der Waals surface area contributed by atoms with Crippen LogP contribution in [-0.4, -0.2) is 27.0 Å². The third kappa shape index (κ3) is 3.89. The van der Waals surface area contributed by atoms with Crippen LogP contribution >= 0.6 is 0 Å². The quantitative estimate of drug-likeness (QED) is 0.496. The van der Waals surface area contributed by atoms with Crippen molar-refractivity contribution >= 4 is 28.3 Å². The predicted molar refractivity (Wildman–Crippen MR) is 105 cm³/mol. The third-order valence-corrected chi connectivity index (χ3v) is 4.17. The summed E-state index contributed by atoms with van der Waals surface area (Å²) in [5, 5.41) is 2.08. The van der Waals surface area contributed by atoms with Crippen molar-refractivity contribution in [2.24, 2.45) is 0 Å². The zero-order valence-electron chi connectivity index (χ0n) is 14.7. The summed E-state index contributed by atoms with van der Waals surface area (Å²) >= 11 is 0. The van der Waals surface area contributed by atoms with Crippen molar-refractivity contribution in [2.75, 3.05) is 26.1 Å². The predicted octanol–water partition coefficient (Wildman–Crippen LogP) is 4.81. The summed E-state index contributed by atoms with van der Waals surface area (Å²) in [5.41, 5.74) is 2.82. The van der Waals surface area contributed by atoms with Crippen molar-refractivity contribution in [3.8, 4) is 5.75 Å². The van der Waals surface area contributed by atoms with Gasteiger partial charge in [-0.1, -0.05) is 36.4 Å². The van der Waals surface area contributed by atoms with E-state index in [0.717, 1.165) is 27.8 Å². The lowest BCUT2D eigenvalue weighted by atomic mass is 10.0. The molecule has 3 nitrogen and oxygen atoms in total. The SMILES string of the molecule is COc1ccc2cc(C(=O)/C=C/c3ccc(N(C)C)cc3)ccc2c1. The van der Waals surface area contributed by atoms with E-state index in [4.69, 9.17) is 4.74 Å². The molecule has 0 unspecified atom stereocenters. The molecular formula is C22H21NO2. The molecule has 126 valence electrons. The number of rotatable bonds is 5. The maximum absolute atomic E-state index is 12.4. The van der Waals surface area contributed by atoms with Gasteiger partial charge in [-0.15, -0.1) is 0 Å². The molecule has 0 saturated heterocycles.